The van der Waals surface area contributed by atoms with Crippen LogP contribution in [0.15, 0.2) is 18.2 Å². The summed E-state index contributed by atoms with van der Waals surface area (Å²) in [6, 6.07) is 5.13. The fraction of sp³-hybridized carbons (Fsp3) is 0.500. The highest BCUT2D eigenvalue weighted by Crippen LogP contribution is 2.18. The largest absolute Gasteiger partial charge is 0.497 e. The Morgan fingerprint density at radius 2 is 2.19 bits per heavy atom. The minimum Gasteiger partial charge on any atom is -0.497 e. The lowest BCUT2D eigenvalue weighted by Gasteiger charge is -2.22. The molecule has 0 aliphatic carbocycles. The predicted octanol–water partition coefficient (Wildman–Crippen LogP) is 2.89. The molecule has 0 aliphatic heterocycles. The molecule has 90 valence electrons. The predicted molar refractivity (Wildman–Crippen MR) is 64.6 cm³/mol. The third-order valence-corrected chi connectivity index (χ3v) is 3.10. The number of rotatable bonds is 5. The van der Waals surface area contributed by atoms with E-state index in [4.69, 9.17) is 16.3 Å². The number of benzene rings is 1. The van der Waals surface area contributed by atoms with Gasteiger partial charge in [-0.15, -0.1) is 11.6 Å². The maximum Gasteiger partial charge on any atom is 0.131 e. The fourth-order valence-corrected chi connectivity index (χ4v) is 1.56. The van der Waals surface area contributed by atoms with E-state index in [0.717, 1.165) is 0 Å². The molecule has 1 rings (SSSR count). The number of nitrogens with zero attached hydrogens (tertiary/aromatic N) is 1. The molecule has 1 unspecified atom stereocenters. The molecule has 0 N–H and O–H groups in total. The van der Waals surface area contributed by atoms with Crippen LogP contribution in [0.5, 0.6) is 5.75 Å². The molecule has 1 aromatic rings. The van der Waals surface area contributed by atoms with E-state index in [1.54, 1.807) is 12.1 Å². The summed E-state index contributed by atoms with van der Waals surface area (Å²) < 4.78 is 18.6. The molecular formula is C12H17ClFNO. The molecular weight excluding hydrogens is 229 g/mol. The van der Waals surface area contributed by atoms with Crippen LogP contribution in [0.1, 0.15) is 12.5 Å². The molecule has 0 spiro atoms. The van der Waals surface area contributed by atoms with Gasteiger partial charge in [0.15, 0.2) is 0 Å². The van der Waals surface area contributed by atoms with Crippen LogP contribution in [0.2, 0.25) is 0 Å². The smallest absolute Gasteiger partial charge is 0.131 e. The number of halogens is 2. The Kier molecular flexibility index (Phi) is 5.03. The monoisotopic (exact) mass is 245 g/mol. The van der Waals surface area contributed by atoms with E-state index < -0.39 is 0 Å². The average molecular weight is 246 g/mol. The van der Waals surface area contributed by atoms with Crippen LogP contribution >= 0.6 is 11.6 Å². The summed E-state index contributed by atoms with van der Waals surface area (Å²) in [6.45, 7) is 2.55. The highest BCUT2D eigenvalue weighted by molar-refractivity contribution is 6.18. The molecule has 0 bridgehead atoms. The summed E-state index contributed by atoms with van der Waals surface area (Å²) >= 11 is 5.75. The molecule has 0 saturated carbocycles. The van der Waals surface area contributed by atoms with E-state index in [-0.39, 0.29) is 11.9 Å². The second-order valence-corrected chi connectivity index (χ2v) is 4.18. The van der Waals surface area contributed by atoms with Crippen LogP contribution in [-0.2, 0) is 6.54 Å². The summed E-state index contributed by atoms with van der Waals surface area (Å²) in [5.74, 6) is 0.830. The van der Waals surface area contributed by atoms with Crippen molar-refractivity contribution in [1.29, 1.82) is 0 Å². The number of methoxy groups -OCH3 is 1. The van der Waals surface area contributed by atoms with Gasteiger partial charge < -0.3 is 4.74 Å². The SMILES string of the molecule is COc1ccc(CN(C)C(C)CCl)c(F)c1. The molecule has 0 radical (unpaired) electrons. The Bertz CT molecular complexity index is 346. The van der Waals surface area contributed by atoms with E-state index >= 15 is 0 Å². The highest BCUT2D eigenvalue weighted by Gasteiger charge is 2.11. The number of alkyl halides is 1. The first-order valence-electron chi connectivity index (χ1n) is 5.17. The Morgan fingerprint density at radius 3 is 2.69 bits per heavy atom. The average Bonchev–Trinajstić information content (AvgIpc) is 2.30. The Labute approximate surface area is 101 Å². The van der Waals surface area contributed by atoms with Gasteiger partial charge in [0.05, 0.1) is 7.11 Å². The second-order valence-electron chi connectivity index (χ2n) is 3.88. The van der Waals surface area contributed by atoms with Crippen LogP contribution in [0, 0.1) is 5.82 Å². The summed E-state index contributed by atoms with van der Waals surface area (Å²) in [5.41, 5.74) is 0.653. The van der Waals surface area contributed by atoms with E-state index in [1.165, 1.54) is 13.2 Å². The summed E-state index contributed by atoms with van der Waals surface area (Å²) in [7, 11) is 3.45. The van der Waals surface area contributed by atoms with Gasteiger partial charge in [-0.2, -0.15) is 0 Å². The van der Waals surface area contributed by atoms with E-state index in [2.05, 4.69) is 0 Å². The van der Waals surface area contributed by atoms with Gasteiger partial charge in [0, 0.05) is 30.1 Å². The van der Waals surface area contributed by atoms with Crippen LogP contribution in [0.3, 0.4) is 0 Å². The minimum atomic E-state index is -0.243. The van der Waals surface area contributed by atoms with Crippen LogP contribution in [-0.4, -0.2) is 31.0 Å². The van der Waals surface area contributed by atoms with Gasteiger partial charge in [-0.05, 0) is 20.0 Å². The van der Waals surface area contributed by atoms with Gasteiger partial charge in [0.25, 0.3) is 0 Å². The number of hydrogen-bond donors (Lipinski definition) is 0. The van der Waals surface area contributed by atoms with Crippen molar-refractivity contribution < 1.29 is 9.13 Å². The van der Waals surface area contributed by atoms with Crippen molar-refractivity contribution in [1.82, 2.24) is 4.90 Å². The van der Waals surface area contributed by atoms with Gasteiger partial charge in [-0.3, -0.25) is 4.90 Å². The molecule has 0 heterocycles. The quantitative estimate of drug-likeness (QED) is 0.740. The third-order valence-electron chi connectivity index (χ3n) is 2.66. The maximum atomic E-state index is 13.6. The molecule has 0 saturated heterocycles. The molecule has 0 fully saturated rings. The lowest BCUT2D eigenvalue weighted by Crippen LogP contribution is -2.30. The first-order chi connectivity index (χ1) is 7.58. The van der Waals surface area contributed by atoms with Gasteiger partial charge in [-0.1, -0.05) is 6.07 Å². The topological polar surface area (TPSA) is 12.5 Å². The summed E-state index contributed by atoms with van der Waals surface area (Å²) in [5, 5.41) is 0. The molecule has 1 atom stereocenters. The standard InChI is InChI=1S/C12H17ClFNO/c1-9(7-13)15(2)8-10-4-5-11(16-3)6-12(10)14/h4-6,9H,7-8H2,1-3H3. The van der Waals surface area contributed by atoms with Gasteiger partial charge >= 0.3 is 0 Å². The first-order valence-corrected chi connectivity index (χ1v) is 5.70. The Morgan fingerprint density at radius 1 is 1.50 bits per heavy atom. The van der Waals surface area contributed by atoms with E-state index in [1.807, 2.05) is 18.9 Å². The molecule has 16 heavy (non-hydrogen) atoms. The molecule has 0 aliphatic rings. The Hall–Kier alpha value is -0.800. The molecule has 0 aromatic heterocycles. The van der Waals surface area contributed by atoms with Crippen molar-refractivity contribution in [2.45, 2.75) is 19.5 Å². The van der Waals surface area contributed by atoms with Crippen molar-refractivity contribution in [2.24, 2.45) is 0 Å². The van der Waals surface area contributed by atoms with Crippen molar-refractivity contribution in [3.05, 3.63) is 29.6 Å². The van der Waals surface area contributed by atoms with E-state index in [9.17, 15) is 4.39 Å². The minimum absolute atomic E-state index is 0.225. The molecule has 0 amide bonds. The zero-order chi connectivity index (χ0) is 12.1. The normalized spacial score (nSPS) is 12.9. The zero-order valence-corrected chi connectivity index (χ0v) is 10.6. The first kappa shape index (κ1) is 13.3. The van der Waals surface area contributed by atoms with Crippen molar-refractivity contribution >= 4 is 11.6 Å². The number of ether oxygens (including phenoxy) is 1. The lowest BCUT2D eigenvalue weighted by atomic mass is 10.2. The van der Waals surface area contributed by atoms with Crippen molar-refractivity contribution in [3.63, 3.8) is 0 Å². The molecule has 4 heteroatoms. The van der Waals surface area contributed by atoms with Gasteiger partial charge in [0.1, 0.15) is 11.6 Å². The van der Waals surface area contributed by atoms with Crippen molar-refractivity contribution in [2.75, 3.05) is 20.0 Å². The lowest BCUT2D eigenvalue weighted by molar-refractivity contribution is 0.264. The van der Waals surface area contributed by atoms with E-state index in [0.29, 0.717) is 23.7 Å². The zero-order valence-electron chi connectivity index (χ0n) is 9.84. The van der Waals surface area contributed by atoms with Crippen LogP contribution in [0.4, 0.5) is 4.39 Å². The van der Waals surface area contributed by atoms with Crippen LogP contribution in [0.25, 0.3) is 0 Å². The van der Waals surface area contributed by atoms with Gasteiger partial charge in [0.2, 0.25) is 0 Å². The molecule has 1 aromatic carbocycles. The fourth-order valence-electron chi connectivity index (χ4n) is 1.33. The summed E-state index contributed by atoms with van der Waals surface area (Å²) in [6.07, 6.45) is 0. The highest BCUT2D eigenvalue weighted by atomic mass is 35.5. The molecule has 2 nitrogen and oxygen atoms in total. The summed E-state index contributed by atoms with van der Waals surface area (Å²) in [4.78, 5) is 2.01. The third kappa shape index (κ3) is 3.35. The van der Waals surface area contributed by atoms with Crippen molar-refractivity contribution in [3.8, 4) is 5.75 Å². The number of hydrogen-bond acceptors (Lipinski definition) is 2. The second kappa shape index (κ2) is 6.06. The van der Waals surface area contributed by atoms with Crippen LogP contribution < -0.4 is 4.74 Å². The Balaban J connectivity index is 2.74. The maximum absolute atomic E-state index is 13.6. The van der Waals surface area contributed by atoms with Gasteiger partial charge in [-0.25, -0.2) is 4.39 Å².